The molecule has 2 aromatic rings. The molecule has 0 saturated carbocycles. The topological polar surface area (TPSA) is 68.5 Å². The first kappa shape index (κ1) is 14.1. The SMILES string of the molecule is O=C(Nc1ccc2c(c1)=C[N]N=2)c1cccc(C(F)(F)F)n1. The summed E-state index contributed by atoms with van der Waals surface area (Å²) in [5, 5.41) is 7.71. The molecule has 0 unspecified atom stereocenters. The monoisotopic (exact) mass is 305 g/mol. The molecule has 22 heavy (non-hydrogen) atoms. The number of fused-ring (bicyclic) bond motifs is 1. The molecule has 1 aliphatic heterocycles. The summed E-state index contributed by atoms with van der Waals surface area (Å²) in [4.78, 5) is 15.3. The number of nitrogens with one attached hydrogen (secondary N) is 1. The second-order valence-corrected chi connectivity index (χ2v) is 4.48. The third kappa shape index (κ3) is 2.76. The van der Waals surface area contributed by atoms with Crippen molar-refractivity contribution in [3.8, 4) is 0 Å². The first-order valence-electron chi connectivity index (χ1n) is 6.17. The van der Waals surface area contributed by atoms with Crippen molar-refractivity contribution in [3.63, 3.8) is 0 Å². The van der Waals surface area contributed by atoms with Gasteiger partial charge in [0.25, 0.3) is 5.91 Å². The van der Waals surface area contributed by atoms with Crippen molar-refractivity contribution < 1.29 is 18.0 Å². The van der Waals surface area contributed by atoms with Crippen molar-refractivity contribution in [2.75, 3.05) is 5.32 Å². The van der Waals surface area contributed by atoms with Crippen LogP contribution in [0, 0.1) is 0 Å². The number of carbonyl (C=O) groups is 1. The van der Waals surface area contributed by atoms with Crippen LogP contribution < -0.4 is 21.3 Å². The maximum Gasteiger partial charge on any atom is 0.433 e. The van der Waals surface area contributed by atoms with Gasteiger partial charge in [0.2, 0.25) is 0 Å². The summed E-state index contributed by atoms with van der Waals surface area (Å²) >= 11 is 0. The molecule has 1 N–H and O–H groups in total. The molecular weight excluding hydrogens is 297 g/mol. The third-order valence-corrected chi connectivity index (χ3v) is 2.92. The third-order valence-electron chi connectivity index (χ3n) is 2.92. The zero-order valence-corrected chi connectivity index (χ0v) is 10.9. The fourth-order valence-corrected chi connectivity index (χ4v) is 1.89. The number of amides is 1. The van der Waals surface area contributed by atoms with Crippen LogP contribution in [0.15, 0.2) is 41.5 Å². The van der Waals surface area contributed by atoms with E-state index < -0.39 is 17.8 Å². The number of carbonyl (C=O) groups excluding carboxylic acids is 1. The van der Waals surface area contributed by atoms with Crippen molar-refractivity contribution in [2.24, 2.45) is 5.10 Å². The van der Waals surface area contributed by atoms with Crippen molar-refractivity contribution in [1.82, 2.24) is 10.4 Å². The number of rotatable bonds is 2. The lowest BCUT2D eigenvalue weighted by Gasteiger charge is -2.08. The molecule has 0 saturated heterocycles. The second kappa shape index (κ2) is 5.14. The van der Waals surface area contributed by atoms with Crippen LogP contribution in [0.2, 0.25) is 0 Å². The van der Waals surface area contributed by atoms with Crippen LogP contribution in [0.25, 0.3) is 6.20 Å². The normalized spacial score (nSPS) is 12.7. The minimum atomic E-state index is -4.60. The average molecular weight is 305 g/mol. The standard InChI is InChI=1S/C14H8F3N4O/c15-14(16,17)12-3-1-2-11(20-12)13(22)19-9-4-5-10-8(6-9)7-18-21-10/h1-7H,(H,19,22). The van der Waals surface area contributed by atoms with E-state index in [1.54, 1.807) is 18.2 Å². The number of benzene rings is 1. The van der Waals surface area contributed by atoms with E-state index in [-0.39, 0.29) is 5.69 Å². The maximum absolute atomic E-state index is 12.6. The Morgan fingerprint density at radius 1 is 1.14 bits per heavy atom. The van der Waals surface area contributed by atoms with Crippen molar-refractivity contribution in [1.29, 1.82) is 0 Å². The van der Waals surface area contributed by atoms with E-state index in [1.807, 2.05) is 0 Å². The second-order valence-electron chi connectivity index (χ2n) is 4.48. The van der Waals surface area contributed by atoms with Gasteiger partial charge in [0.05, 0.1) is 11.6 Å². The van der Waals surface area contributed by atoms with Crippen LogP contribution in [-0.2, 0) is 6.18 Å². The highest BCUT2D eigenvalue weighted by molar-refractivity contribution is 6.02. The smallest absolute Gasteiger partial charge is 0.321 e. The molecular formula is C14H8F3N4O. The maximum atomic E-state index is 12.6. The molecule has 1 aromatic carbocycles. The molecule has 0 atom stereocenters. The highest BCUT2D eigenvalue weighted by Gasteiger charge is 2.32. The highest BCUT2D eigenvalue weighted by atomic mass is 19.4. The van der Waals surface area contributed by atoms with Gasteiger partial charge in [-0.05, 0) is 30.3 Å². The summed E-state index contributed by atoms with van der Waals surface area (Å²) in [6, 6.07) is 8.03. The van der Waals surface area contributed by atoms with Gasteiger partial charge >= 0.3 is 6.18 Å². The Morgan fingerprint density at radius 2 is 1.95 bits per heavy atom. The average Bonchev–Trinajstić information content (AvgIpc) is 2.94. The Balaban J connectivity index is 1.85. The summed E-state index contributed by atoms with van der Waals surface area (Å²) in [6.45, 7) is 0. The van der Waals surface area contributed by atoms with Crippen LogP contribution in [-0.4, -0.2) is 10.9 Å². The van der Waals surface area contributed by atoms with Crippen LogP contribution in [0.4, 0.5) is 18.9 Å². The van der Waals surface area contributed by atoms with Crippen molar-refractivity contribution >= 4 is 17.8 Å². The Labute approximate surface area is 122 Å². The van der Waals surface area contributed by atoms with E-state index >= 15 is 0 Å². The molecule has 2 heterocycles. The zero-order chi connectivity index (χ0) is 15.7. The molecule has 1 amide bonds. The van der Waals surface area contributed by atoms with E-state index in [4.69, 9.17) is 0 Å². The number of hydrogen-bond donors (Lipinski definition) is 1. The molecule has 0 bridgehead atoms. The number of alkyl halides is 3. The molecule has 0 aliphatic carbocycles. The Morgan fingerprint density at radius 3 is 2.73 bits per heavy atom. The van der Waals surface area contributed by atoms with Gasteiger partial charge in [-0.25, -0.2) is 4.98 Å². The lowest BCUT2D eigenvalue weighted by molar-refractivity contribution is -0.141. The first-order chi connectivity index (χ1) is 10.4. The Kier molecular flexibility index (Phi) is 3.28. The van der Waals surface area contributed by atoms with Crippen LogP contribution in [0.3, 0.4) is 0 Å². The highest BCUT2D eigenvalue weighted by Crippen LogP contribution is 2.27. The van der Waals surface area contributed by atoms with Gasteiger partial charge in [0, 0.05) is 10.9 Å². The van der Waals surface area contributed by atoms with Gasteiger partial charge in [-0.1, -0.05) is 6.07 Å². The molecule has 8 heteroatoms. The summed E-state index contributed by atoms with van der Waals surface area (Å²) in [5.74, 6) is -0.724. The number of pyridine rings is 1. The summed E-state index contributed by atoms with van der Waals surface area (Å²) < 4.78 is 37.8. The molecule has 1 radical (unpaired) electrons. The van der Waals surface area contributed by atoms with E-state index in [0.29, 0.717) is 11.0 Å². The number of nitrogens with zero attached hydrogens (tertiary/aromatic N) is 3. The van der Waals surface area contributed by atoms with Gasteiger partial charge in [0.15, 0.2) is 0 Å². The fraction of sp³-hybridized carbons (Fsp3) is 0.0714. The van der Waals surface area contributed by atoms with Gasteiger partial charge < -0.3 is 5.32 Å². The number of anilines is 1. The van der Waals surface area contributed by atoms with Crippen LogP contribution >= 0.6 is 0 Å². The summed E-state index contributed by atoms with van der Waals surface area (Å²) in [7, 11) is 0. The van der Waals surface area contributed by atoms with Crippen LogP contribution in [0.1, 0.15) is 16.2 Å². The van der Waals surface area contributed by atoms with Crippen molar-refractivity contribution in [2.45, 2.75) is 6.18 Å². The summed E-state index contributed by atoms with van der Waals surface area (Å²) in [5.41, 5.74) is 2.72. The molecule has 0 spiro atoms. The lowest BCUT2D eigenvalue weighted by Crippen LogP contribution is -2.23. The molecule has 5 nitrogen and oxygen atoms in total. The van der Waals surface area contributed by atoms with E-state index in [9.17, 15) is 18.0 Å². The molecule has 0 fully saturated rings. The number of aromatic nitrogens is 1. The minimum Gasteiger partial charge on any atom is -0.321 e. The van der Waals surface area contributed by atoms with Gasteiger partial charge in [-0.2, -0.15) is 23.7 Å². The number of halogens is 3. The largest absolute Gasteiger partial charge is 0.433 e. The van der Waals surface area contributed by atoms with E-state index in [1.165, 1.54) is 12.3 Å². The molecule has 1 aliphatic rings. The first-order valence-corrected chi connectivity index (χ1v) is 6.17. The quantitative estimate of drug-likeness (QED) is 0.907. The molecule has 111 valence electrons. The molecule has 1 aromatic heterocycles. The van der Waals surface area contributed by atoms with E-state index in [0.717, 1.165) is 17.4 Å². The van der Waals surface area contributed by atoms with Crippen molar-refractivity contribution in [3.05, 3.63) is 58.4 Å². The summed E-state index contributed by atoms with van der Waals surface area (Å²) in [6.07, 6.45) is -3.07. The Hall–Kier alpha value is -2.90. The van der Waals surface area contributed by atoms with Gasteiger partial charge in [-0.3, -0.25) is 4.79 Å². The predicted molar refractivity (Wildman–Crippen MR) is 71.0 cm³/mol. The fourth-order valence-electron chi connectivity index (χ4n) is 1.89. The Bertz CT molecular complexity index is 861. The minimum absolute atomic E-state index is 0.311. The van der Waals surface area contributed by atoms with Gasteiger partial charge in [0.1, 0.15) is 11.4 Å². The predicted octanol–water partition coefficient (Wildman–Crippen LogP) is 1.24. The lowest BCUT2D eigenvalue weighted by atomic mass is 10.2. The number of hydrogen-bond acceptors (Lipinski definition) is 3. The molecule has 3 rings (SSSR count). The van der Waals surface area contributed by atoms with Gasteiger partial charge in [-0.15, -0.1) is 0 Å². The van der Waals surface area contributed by atoms with E-state index in [2.05, 4.69) is 20.8 Å². The van der Waals surface area contributed by atoms with Crippen LogP contribution in [0.5, 0.6) is 0 Å². The zero-order valence-electron chi connectivity index (χ0n) is 10.9.